The fourth-order valence-corrected chi connectivity index (χ4v) is 4.40. The summed E-state index contributed by atoms with van der Waals surface area (Å²) >= 11 is 0. The van der Waals surface area contributed by atoms with Crippen LogP contribution < -0.4 is 0 Å². The van der Waals surface area contributed by atoms with Crippen LogP contribution in [0.4, 0.5) is 0 Å². The third-order valence-corrected chi connectivity index (χ3v) is 5.71. The van der Waals surface area contributed by atoms with Crippen LogP contribution in [0.2, 0.25) is 0 Å². The molecule has 130 valence electrons. The van der Waals surface area contributed by atoms with Gasteiger partial charge in [-0.25, -0.2) is 0 Å². The van der Waals surface area contributed by atoms with E-state index in [1.807, 2.05) is 6.07 Å². The summed E-state index contributed by atoms with van der Waals surface area (Å²) in [5.41, 5.74) is 10.0. The Morgan fingerprint density at radius 1 is 0.630 bits per heavy atom. The van der Waals surface area contributed by atoms with E-state index in [9.17, 15) is 0 Å². The maximum absolute atomic E-state index is 4.79. The van der Waals surface area contributed by atoms with Crippen LogP contribution in [0.1, 0.15) is 25.0 Å². The Morgan fingerprint density at radius 2 is 1.26 bits per heavy atom. The first kappa shape index (κ1) is 16.0. The molecule has 0 saturated carbocycles. The van der Waals surface area contributed by atoms with Crippen LogP contribution in [0, 0.1) is 0 Å². The molecule has 0 radical (unpaired) electrons. The van der Waals surface area contributed by atoms with Crippen molar-refractivity contribution in [3.8, 4) is 33.5 Å². The molecule has 0 fully saturated rings. The predicted molar refractivity (Wildman–Crippen MR) is 113 cm³/mol. The second-order valence-electron chi connectivity index (χ2n) is 7.70. The Labute approximate surface area is 160 Å². The van der Waals surface area contributed by atoms with E-state index in [2.05, 4.69) is 98.9 Å². The second-order valence-corrected chi connectivity index (χ2v) is 7.70. The molecule has 5 rings (SSSR count). The predicted octanol–water partition coefficient (Wildman–Crippen LogP) is 6.72. The third-order valence-electron chi connectivity index (χ3n) is 5.71. The Morgan fingerprint density at radius 3 is 1.96 bits per heavy atom. The van der Waals surface area contributed by atoms with Crippen molar-refractivity contribution in [1.82, 2.24) is 4.98 Å². The molecule has 4 aromatic rings. The smallest absolute Gasteiger partial charge is 0.0705 e. The fourth-order valence-electron chi connectivity index (χ4n) is 4.40. The van der Waals surface area contributed by atoms with Crippen LogP contribution in [0.25, 0.3) is 33.5 Å². The molecule has 0 amide bonds. The van der Waals surface area contributed by atoms with Gasteiger partial charge in [-0.3, -0.25) is 4.98 Å². The lowest BCUT2D eigenvalue weighted by Crippen LogP contribution is -2.16. The number of aromatic nitrogens is 1. The summed E-state index contributed by atoms with van der Waals surface area (Å²) in [4.78, 5) is 4.79. The molecule has 0 saturated heterocycles. The Balaban J connectivity index is 1.73. The number of fused-ring (bicyclic) bond motifs is 3. The van der Waals surface area contributed by atoms with Gasteiger partial charge in [-0.05, 0) is 33.9 Å². The van der Waals surface area contributed by atoms with E-state index >= 15 is 0 Å². The van der Waals surface area contributed by atoms with Crippen molar-refractivity contribution in [3.05, 3.63) is 102 Å². The standard InChI is InChI=1S/C26H21N/c1-26(2)23-16-24(19-12-7-4-8-13-19)27-17-22(23)21-15-9-14-20(25(21)26)18-10-5-3-6-11-18/h3-17H,1-2H3. The highest BCUT2D eigenvalue weighted by Crippen LogP contribution is 2.52. The van der Waals surface area contributed by atoms with E-state index in [0.717, 1.165) is 11.3 Å². The molecule has 0 atom stereocenters. The minimum Gasteiger partial charge on any atom is -0.256 e. The number of hydrogen-bond donors (Lipinski definition) is 0. The molecule has 0 aliphatic heterocycles. The molecule has 1 aliphatic rings. The average molecular weight is 347 g/mol. The maximum atomic E-state index is 4.79. The summed E-state index contributed by atoms with van der Waals surface area (Å²) < 4.78 is 0. The van der Waals surface area contributed by atoms with E-state index in [1.54, 1.807) is 0 Å². The summed E-state index contributed by atoms with van der Waals surface area (Å²) in [6.07, 6.45) is 2.06. The van der Waals surface area contributed by atoms with Gasteiger partial charge in [-0.15, -0.1) is 0 Å². The van der Waals surface area contributed by atoms with Gasteiger partial charge in [0.2, 0.25) is 0 Å². The molecule has 3 aromatic carbocycles. The monoisotopic (exact) mass is 347 g/mol. The van der Waals surface area contributed by atoms with Gasteiger partial charge in [-0.2, -0.15) is 0 Å². The van der Waals surface area contributed by atoms with Gasteiger partial charge in [0.25, 0.3) is 0 Å². The highest BCUT2D eigenvalue weighted by Gasteiger charge is 2.38. The van der Waals surface area contributed by atoms with Gasteiger partial charge in [0.05, 0.1) is 5.69 Å². The van der Waals surface area contributed by atoms with Crippen molar-refractivity contribution >= 4 is 0 Å². The van der Waals surface area contributed by atoms with Crippen LogP contribution in [-0.4, -0.2) is 4.98 Å². The lowest BCUT2D eigenvalue weighted by molar-refractivity contribution is 0.661. The second kappa shape index (κ2) is 5.92. The van der Waals surface area contributed by atoms with Crippen LogP contribution in [-0.2, 0) is 5.41 Å². The molecule has 0 unspecified atom stereocenters. The SMILES string of the molecule is CC1(C)c2cc(-c3ccccc3)ncc2-c2cccc(-c3ccccc3)c21. The largest absolute Gasteiger partial charge is 0.256 e. The molecule has 1 aliphatic carbocycles. The maximum Gasteiger partial charge on any atom is 0.0705 e. The highest BCUT2D eigenvalue weighted by molar-refractivity contribution is 5.88. The molecular weight excluding hydrogens is 326 g/mol. The van der Waals surface area contributed by atoms with Crippen molar-refractivity contribution in [2.24, 2.45) is 0 Å². The van der Waals surface area contributed by atoms with Gasteiger partial charge in [0.1, 0.15) is 0 Å². The lowest BCUT2D eigenvalue weighted by Gasteiger charge is -2.24. The molecule has 27 heavy (non-hydrogen) atoms. The van der Waals surface area contributed by atoms with E-state index in [1.165, 1.54) is 33.4 Å². The number of benzene rings is 3. The van der Waals surface area contributed by atoms with Crippen molar-refractivity contribution in [2.75, 3.05) is 0 Å². The molecule has 0 spiro atoms. The topological polar surface area (TPSA) is 12.9 Å². The van der Waals surface area contributed by atoms with Crippen molar-refractivity contribution in [3.63, 3.8) is 0 Å². The first-order chi connectivity index (χ1) is 13.2. The summed E-state index contributed by atoms with van der Waals surface area (Å²) in [6.45, 7) is 4.66. The molecule has 0 bridgehead atoms. The molecule has 1 heterocycles. The van der Waals surface area contributed by atoms with E-state index in [-0.39, 0.29) is 5.41 Å². The van der Waals surface area contributed by atoms with E-state index in [4.69, 9.17) is 4.98 Å². The summed E-state index contributed by atoms with van der Waals surface area (Å²) in [5.74, 6) is 0. The van der Waals surface area contributed by atoms with Crippen LogP contribution in [0.5, 0.6) is 0 Å². The molecule has 0 N–H and O–H groups in total. The molecule has 1 heteroatoms. The first-order valence-corrected chi connectivity index (χ1v) is 9.41. The zero-order chi connectivity index (χ0) is 18.4. The number of pyridine rings is 1. The Hall–Kier alpha value is -3.19. The summed E-state index contributed by atoms with van der Waals surface area (Å²) in [6, 6.07) is 30.0. The zero-order valence-corrected chi connectivity index (χ0v) is 15.6. The van der Waals surface area contributed by atoms with Crippen molar-refractivity contribution in [2.45, 2.75) is 19.3 Å². The summed E-state index contributed by atoms with van der Waals surface area (Å²) in [7, 11) is 0. The molecule has 1 nitrogen and oxygen atoms in total. The van der Waals surface area contributed by atoms with Gasteiger partial charge >= 0.3 is 0 Å². The zero-order valence-electron chi connectivity index (χ0n) is 15.6. The normalized spacial score (nSPS) is 13.9. The van der Waals surface area contributed by atoms with Crippen LogP contribution in [0.3, 0.4) is 0 Å². The average Bonchev–Trinajstić information content (AvgIpc) is 2.96. The van der Waals surface area contributed by atoms with Crippen molar-refractivity contribution in [1.29, 1.82) is 0 Å². The fraction of sp³-hybridized carbons (Fsp3) is 0.115. The Kier molecular flexibility index (Phi) is 3.51. The number of nitrogens with zero attached hydrogens (tertiary/aromatic N) is 1. The quantitative estimate of drug-likeness (QED) is 0.392. The van der Waals surface area contributed by atoms with Crippen molar-refractivity contribution < 1.29 is 0 Å². The van der Waals surface area contributed by atoms with Crippen LogP contribution in [0.15, 0.2) is 91.1 Å². The molecular formula is C26H21N. The summed E-state index contributed by atoms with van der Waals surface area (Å²) in [5, 5.41) is 0. The van der Waals surface area contributed by atoms with E-state index < -0.39 is 0 Å². The number of rotatable bonds is 2. The highest BCUT2D eigenvalue weighted by atomic mass is 14.7. The Bertz CT molecular complexity index is 1130. The van der Waals surface area contributed by atoms with E-state index in [0.29, 0.717) is 0 Å². The number of hydrogen-bond acceptors (Lipinski definition) is 1. The first-order valence-electron chi connectivity index (χ1n) is 9.41. The third kappa shape index (κ3) is 2.43. The van der Waals surface area contributed by atoms with Gasteiger partial charge in [0.15, 0.2) is 0 Å². The molecule has 1 aromatic heterocycles. The minimum atomic E-state index is -0.0659. The van der Waals surface area contributed by atoms with Gasteiger partial charge < -0.3 is 0 Å². The van der Waals surface area contributed by atoms with Gasteiger partial charge in [0, 0.05) is 22.7 Å². The van der Waals surface area contributed by atoms with Crippen LogP contribution >= 0.6 is 0 Å². The van der Waals surface area contributed by atoms with Gasteiger partial charge in [-0.1, -0.05) is 92.7 Å². The lowest BCUT2D eigenvalue weighted by atomic mass is 9.78. The minimum absolute atomic E-state index is 0.0659.